The zero-order chi connectivity index (χ0) is 24.3. The van der Waals surface area contributed by atoms with Crippen molar-refractivity contribution < 1.29 is 23.0 Å². The average molecular weight is 509 g/mol. The van der Waals surface area contributed by atoms with E-state index in [9.17, 15) is 23.1 Å². The number of piperidine rings is 1. The fraction of sp³-hybridized carbons (Fsp3) is 0.524. The average Bonchev–Trinajstić information content (AvgIpc) is 2.74. The summed E-state index contributed by atoms with van der Waals surface area (Å²) in [6, 6.07) is 4.41. The largest absolute Gasteiger partial charge is 0.425 e. The van der Waals surface area contributed by atoms with Crippen LogP contribution in [0.15, 0.2) is 23.0 Å². The van der Waals surface area contributed by atoms with Crippen molar-refractivity contribution in [2.24, 2.45) is 0 Å². The summed E-state index contributed by atoms with van der Waals surface area (Å²) in [6.45, 7) is 2.51. The molecule has 0 amide bonds. The molecule has 1 unspecified atom stereocenters. The molecule has 1 aromatic heterocycles. The first-order valence-corrected chi connectivity index (χ1v) is 11.1. The van der Waals surface area contributed by atoms with Gasteiger partial charge in [-0.25, -0.2) is 4.98 Å². The second kappa shape index (κ2) is 10.6. The number of methoxy groups -OCH3 is 1. The molecule has 12 heteroatoms. The maximum absolute atomic E-state index is 14.0. The van der Waals surface area contributed by atoms with E-state index in [1.54, 1.807) is 0 Å². The molecule has 0 saturated carbocycles. The Kier molecular flexibility index (Phi) is 8.28. The van der Waals surface area contributed by atoms with Crippen LogP contribution in [0, 0.1) is 6.92 Å². The molecule has 1 aliphatic rings. The number of aryl methyl sites for hydroxylation is 1. The molecule has 1 saturated heterocycles. The van der Waals surface area contributed by atoms with Crippen molar-refractivity contribution in [3.8, 4) is 5.69 Å². The number of aliphatic hydroxyl groups is 1. The van der Waals surface area contributed by atoms with Crippen molar-refractivity contribution in [3.05, 3.63) is 50.0 Å². The van der Waals surface area contributed by atoms with Gasteiger partial charge >= 0.3 is 6.18 Å². The van der Waals surface area contributed by atoms with Crippen molar-refractivity contribution in [2.45, 2.75) is 38.1 Å². The highest BCUT2D eigenvalue weighted by Crippen LogP contribution is 2.36. The minimum atomic E-state index is -4.92. The zero-order valence-corrected chi connectivity index (χ0v) is 19.6. The van der Waals surface area contributed by atoms with Gasteiger partial charge in [-0.3, -0.25) is 9.36 Å². The number of hydrogen-bond donors (Lipinski definition) is 2. The van der Waals surface area contributed by atoms with Gasteiger partial charge in [0.15, 0.2) is 5.56 Å². The van der Waals surface area contributed by atoms with E-state index >= 15 is 0 Å². The number of benzene rings is 1. The van der Waals surface area contributed by atoms with Crippen LogP contribution >= 0.6 is 23.2 Å². The third-order valence-electron chi connectivity index (χ3n) is 5.48. The molecule has 0 radical (unpaired) electrons. The van der Waals surface area contributed by atoms with Crippen molar-refractivity contribution in [1.29, 1.82) is 0 Å². The van der Waals surface area contributed by atoms with Crippen molar-refractivity contribution in [3.63, 3.8) is 0 Å². The molecule has 2 N–H and O–H groups in total. The van der Waals surface area contributed by atoms with Gasteiger partial charge < -0.3 is 20.1 Å². The lowest BCUT2D eigenvalue weighted by atomic mass is 10.0. The highest BCUT2D eigenvalue weighted by Gasteiger charge is 2.41. The number of hydrogen-bond acceptors (Lipinski definition) is 6. The number of nitrogens with one attached hydrogen (secondary N) is 1. The maximum Gasteiger partial charge on any atom is 0.425 e. The van der Waals surface area contributed by atoms with E-state index in [1.165, 1.54) is 37.1 Å². The third-order valence-corrected chi connectivity index (χ3v) is 6.29. The molecule has 1 aliphatic heterocycles. The van der Waals surface area contributed by atoms with Gasteiger partial charge in [0.25, 0.3) is 5.56 Å². The van der Waals surface area contributed by atoms with E-state index in [-0.39, 0.29) is 47.3 Å². The molecule has 0 bridgehead atoms. The molecule has 2 heterocycles. The van der Waals surface area contributed by atoms with Crippen LogP contribution in [0.3, 0.4) is 0 Å². The maximum atomic E-state index is 14.0. The van der Waals surface area contributed by atoms with Crippen LogP contribution in [0.5, 0.6) is 0 Å². The van der Waals surface area contributed by atoms with Gasteiger partial charge in [0.2, 0.25) is 0 Å². The van der Waals surface area contributed by atoms with Gasteiger partial charge in [-0.2, -0.15) is 13.2 Å². The highest BCUT2D eigenvalue weighted by molar-refractivity contribution is 6.43. The Labute approximate surface area is 199 Å². The molecule has 0 aliphatic carbocycles. The predicted octanol–water partition coefficient (Wildman–Crippen LogP) is 3.43. The van der Waals surface area contributed by atoms with Crippen molar-refractivity contribution in [2.75, 3.05) is 38.3 Å². The highest BCUT2D eigenvalue weighted by atomic mass is 35.5. The van der Waals surface area contributed by atoms with E-state index in [2.05, 4.69) is 10.3 Å². The van der Waals surface area contributed by atoms with Crippen LogP contribution in [0.1, 0.15) is 24.2 Å². The minimum absolute atomic E-state index is 0.0221. The SMILES string of the molecule is COCC(O)CNC1CCN(c2nc(C)n(-c3cccc(Cl)c3Cl)c(=O)c2C(F)(F)F)CC1. The molecule has 3 rings (SSSR count). The van der Waals surface area contributed by atoms with Gasteiger partial charge in [0.1, 0.15) is 11.6 Å². The fourth-order valence-electron chi connectivity index (χ4n) is 3.89. The van der Waals surface area contributed by atoms with Crippen molar-refractivity contribution >= 4 is 29.0 Å². The summed E-state index contributed by atoms with van der Waals surface area (Å²) in [6.07, 6.45) is -4.53. The van der Waals surface area contributed by atoms with Gasteiger partial charge in [-0.1, -0.05) is 29.3 Å². The molecule has 0 spiro atoms. The number of aromatic nitrogens is 2. The molecule has 2 aromatic rings. The van der Waals surface area contributed by atoms with Gasteiger partial charge in [0.05, 0.1) is 28.4 Å². The van der Waals surface area contributed by atoms with Gasteiger partial charge in [-0.05, 0) is 31.9 Å². The van der Waals surface area contributed by atoms with Gasteiger partial charge in [-0.15, -0.1) is 0 Å². The number of ether oxygens (including phenoxy) is 1. The fourth-order valence-corrected chi connectivity index (χ4v) is 4.27. The Bertz CT molecular complexity index is 1040. The number of nitrogens with zero attached hydrogens (tertiary/aromatic N) is 3. The molecular formula is C21H25Cl2F3N4O3. The molecule has 7 nitrogen and oxygen atoms in total. The Morgan fingerprint density at radius 1 is 1.30 bits per heavy atom. The lowest BCUT2D eigenvalue weighted by Crippen LogP contribution is -2.46. The Morgan fingerprint density at radius 3 is 2.58 bits per heavy atom. The van der Waals surface area contributed by atoms with Crippen LogP contribution in [0.25, 0.3) is 5.69 Å². The smallest absolute Gasteiger partial charge is 0.389 e. The lowest BCUT2D eigenvalue weighted by molar-refractivity contribution is -0.138. The second-order valence-electron chi connectivity index (χ2n) is 7.85. The standard InChI is InChI=1S/C21H25Cl2F3N4O3/c1-12-28-19(29-8-6-13(7-9-29)27-10-14(31)11-33-2)17(21(24,25)26)20(32)30(12)16-5-3-4-15(22)18(16)23/h3-5,13-14,27,31H,6-11H2,1-2H3. The Morgan fingerprint density at radius 2 is 1.97 bits per heavy atom. The summed E-state index contributed by atoms with van der Waals surface area (Å²) in [4.78, 5) is 18.8. The number of alkyl halides is 3. The first-order valence-electron chi connectivity index (χ1n) is 10.3. The number of anilines is 1. The second-order valence-corrected chi connectivity index (χ2v) is 8.63. The zero-order valence-electron chi connectivity index (χ0n) is 18.1. The lowest BCUT2D eigenvalue weighted by Gasteiger charge is -2.35. The third kappa shape index (κ3) is 5.81. The summed E-state index contributed by atoms with van der Waals surface area (Å²) in [7, 11) is 1.49. The summed E-state index contributed by atoms with van der Waals surface area (Å²) >= 11 is 12.2. The van der Waals surface area contributed by atoms with E-state index in [0.717, 1.165) is 4.57 Å². The molecule has 33 heavy (non-hydrogen) atoms. The Balaban J connectivity index is 1.91. The summed E-state index contributed by atoms with van der Waals surface area (Å²) in [5.41, 5.74) is -2.56. The monoisotopic (exact) mass is 508 g/mol. The van der Waals surface area contributed by atoms with E-state index in [4.69, 9.17) is 27.9 Å². The normalized spacial score (nSPS) is 16.3. The summed E-state index contributed by atoms with van der Waals surface area (Å²) < 4.78 is 47.8. The minimum Gasteiger partial charge on any atom is -0.389 e. The number of aliphatic hydroxyl groups excluding tert-OH is 1. The first-order chi connectivity index (χ1) is 15.5. The van der Waals surface area contributed by atoms with Crippen LogP contribution in [0.4, 0.5) is 19.0 Å². The quantitative estimate of drug-likeness (QED) is 0.596. The summed E-state index contributed by atoms with van der Waals surface area (Å²) in [5, 5.41) is 13.0. The van der Waals surface area contributed by atoms with Crippen LogP contribution in [-0.2, 0) is 10.9 Å². The molecule has 1 fully saturated rings. The predicted molar refractivity (Wildman–Crippen MR) is 121 cm³/mol. The first kappa shape index (κ1) is 25.8. The topological polar surface area (TPSA) is 79.6 Å². The number of rotatable bonds is 7. The van der Waals surface area contributed by atoms with E-state index in [0.29, 0.717) is 19.4 Å². The van der Waals surface area contributed by atoms with Crippen LogP contribution in [-0.4, -0.2) is 60.2 Å². The van der Waals surface area contributed by atoms with E-state index in [1.807, 2.05) is 0 Å². The van der Waals surface area contributed by atoms with Crippen LogP contribution in [0.2, 0.25) is 10.0 Å². The van der Waals surface area contributed by atoms with Gasteiger partial charge in [0, 0.05) is 32.8 Å². The molecule has 1 aromatic carbocycles. The Hall–Kier alpha value is -1.85. The molecule has 1 atom stereocenters. The van der Waals surface area contributed by atoms with Crippen molar-refractivity contribution in [1.82, 2.24) is 14.9 Å². The molecule has 182 valence electrons. The molecular weight excluding hydrogens is 484 g/mol. The number of halogens is 5. The van der Waals surface area contributed by atoms with Crippen LogP contribution < -0.4 is 15.8 Å². The van der Waals surface area contributed by atoms with E-state index < -0.39 is 29.2 Å². The summed E-state index contributed by atoms with van der Waals surface area (Å²) in [5.74, 6) is -0.327.